The molecule has 0 radical (unpaired) electrons. The van der Waals surface area contributed by atoms with Gasteiger partial charge in [-0.25, -0.2) is 4.98 Å². The molecule has 2 N–H and O–H groups in total. The smallest absolute Gasteiger partial charge is 0.311 e. The van der Waals surface area contributed by atoms with E-state index in [9.17, 15) is 9.59 Å². The summed E-state index contributed by atoms with van der Waals surface area (Å²) >= 11 is 4.75. The first kappa shape index (κ1) is 25.2. The molecule has 9 nitrogen and oxygen atoms in total. The highest BCUT2D eigenvalue weighted by Gasteiger charge is 2.11. The third-order valence-electron chi connectivity index (χ3n) is 4.26. The number of para-hydroxylation sites is 2. The largest absolute Gasteiger partial charge is 0.495 e. The summed E-state index contributed by atoms with van der Waals surface area (Å²) in [5.41, 5.74) is 4.65. The number of esters is 1. The number of nitrogens with zero attached hydrogens (tertiary/aromatic N) is 2. The third kappa shape index (κ3) is 7.56. The minimum atomic E-state index is -0.328. The van der Waals surface area contributed by atoms with E-state index >= 15 is 0 Å². The van der Waals surface area contributed by atoms with Crippen molar-refractivity contribution >= 4 is 56.2 Å². The number of carbonyl (C=O) groups excluding carboxylic acids is 2. The molecular weight excluding hydrogens is 524 g/mol. The maximum atomic E-state index is 12.4. The highest BCUT2D eigenvalue weighted by Crippen LogP contribution is 2.24. The normalized spacial score (nSPS) is 10.7. The minimum absolute atomic E-state index is 0.107. The summed E-state index contributed by atoms with van der Waals surface area (Å²) in [4.78, 5) is 28.2. The lowest BCUT2D eigenvalue weighted by atomic mass is 10.2. The Kier molecular flexibility index (Phi) is 9.41. The van der Waals surface area contributed by atoms with E-state index < -0.39 is 0 Å². The molecule has 1 aromatic heterocycles. The summed E-state index contributed by atoms with van der Waals surface area (Å²) in [5, 5.41) is 9.26. The Bertz CT molecular complexity index is 1170. The number of benzene rings is 2. The van der Waals surface area contributed by atoms with E-state index in [0.717, 1.165) is 4.47 Å². The van der Waals surface area contributed by atoms with Gasteiger partial charge in [0.05, 0.1) is 37.7 Å². The van der Waals surface area contributed by atoms with Crippen molar-refractivity contribution in [3.05, 3.63) is 63.6 Å². The summed E-state index contributed by atoms with van der Waals surface area (Å²) in [6, 6.07) is 12.5. The Morgan fingerprint density at radius 2 is 2.03 bits per heavy atom. The van der Waals surface area contributed by atoms with Crippen molar-refractivity contribution in [2.24, 2.45) is 5.10 Å². The molecule has 3 aromatic rings. The average molecular weight is 547 g/mol. The molecule has 1 heterocycles. The van der Waals surface area contributed by atoms with Crippen LogP contribution in [0.1, 0.15) is 18.2 Å². The van der Waals surface area contributed by atoms with Crippen LogP contribution in [0.2, 0.25) is 0 Å². The second kappa shape index (κ2) is 12.7. The Balaban J connectivity index is 1.59. The molecule has 0 fully saturated rings. The summed E-state index contributed by atoms with van der Waals surface area (Å²) < 4.78 is 16.7. The van der Waals surface area contributed by atoms with Gasteiger partial charge in [-0.3, -0.25) is 15.0 Å². The maximum absolute atomic E-state index is 12.4. The Hall–Kier alpha value is -3.44. The topological polar surface area (TPSA) is 111 Å². The molecule has 0 aliphatic rings. The quantitative estimate of drug-likeness (QED) is 0.207. The lowest BCUT2D eigenvalue weighted by molar-refractivity contribution is -0.142. The number of anilines is 2. The molecule has 34 heavy (non-hydrogen) atoms. The number of rotatable bonds is 11. The van der Waals surface area contributed by atoms with Gasteiger partial charge in [0.1, 0.15) is 11.5 Å². The molecule has 0 saturated carbocycles. The number of hydrazone groups is 1. The van der Waals surface area contributed by atoms with Gasteiger partial charge in [0.2, 0.25) is 5.13 Å². The highest BCUT2D eigenvalue weighted by atomic mass is 79.9. The van der Waals surface area contributed by atoms with Gasteiger partial charge in [-0.2, -0.15) is 5.10 Å². The molecule has 2 aromatic carbocycles. The first-order valence-electron chi connectivity index (χ1n) is 10.2. The van der Waals surface area contributed by atoms with Crippen LogP contribution in [0.3, 0.4) is 0 Å². The SMILES string of the molecule is CCOC(=O)Cc1csc(NN=Cc2cc(Br)ccc2OCC(=O)Nc2ccccc2OC)n1. The molecule has 0 atom stereocenters. The van der Waals surface area contributed by atoms with E-state index in [0.29, 0.717) is 40.2 Å². The van der Waals surface area contributed by atoms with Crippen LogP contribution >= 0.6 is 27.3 Å². The fourth-order valence-corrected chi connectivity index (χ4v) is 3.82. The number of hydrogen-bond donors (Lipinski definition) is 2. The van der Waals surface area contributed by atoms with Crippen molar-refractivity contribution in [1.29, 1.82) is 0 Å². The number of carbonyl (C=O) groups is 2. The van der Waals surface area contributed by atoms with Gasteiger partial charge in [-0.15, -0.1) is 11.3 Å². The molecule has 3 rings (SSSR count). The number of methoxy groups -OCH3 is 1. The molecule has 1 amide bonds. The molecule has 0 aliphatic heterocycles. The molecule has 0 unspecified atom stereocenters. The van der Waals surface area contributed by atoms with Crippen molar-refractivity contribution in [3.63, 3.8) is 0 Å². The monoisotopic (exact) mass is 546 g/mol. The van der Waals surface area contributed by atoms with Crippen molar-refractivity contribution in [3.8, 4) is 11.5 Å². The van der Waals surface area contributed by atoms with E-state index in [1.54, 1.807) is 48.9 Å². The van der Waals surface area contributed by atoms with Gasteiger partial charge >= 0.3 is 5.97 Å². The summed E-state index contributed by atoms with van der Waals surface area (Å²) in [5.74, 6) is 0.385. The highest BCUT2D eigenvalue weighted by molar-refractivity contribution is 9.10. The maximum Gasteiger partial charge on any atom is 0.311 e. The van der Waals surface area contributed by atoms with E-state index in [2.05, 4.69) is 36.8 Å². The number of nitrogens with one attached hydrogen (secondary N) is 2. The van der Waals surface area contributed by atoms with Crippen LogP contribution in [0.15, 0.2) is 57.4 Å². The van der Waals surface area contributed by atoms with Crippen LogP contribution in [-0.4, -0.2) is 43.4 Å². The summed E-state index contributed by atoms with van der Waals surface area (Å²) in [6.45, 7) is 1.89. The Labute approximate surface area is 209 Å². The van der Waals surface area contributed by atoms with Gasteiger partial charge in [0.25, 0.3) is 5.91 Å². The van der Waals surface area contributed by atoms with E-state index in [-0.39, 0.29) is 24.9 Å². The second-order valence-electron chi connectivity index (χ2n) is 6.72. The molecule has 0 aliphatic carbocycles. The number of aromatic nitrogens is 1. The third-order valence-corrected chi connectivity index (χ3v) is 5.55. The molecule has 178 valence electrons. The number of amides is 1. The number of hydrogen-bond acceptors (Lipinski definition) is 9. The van der Waals surface area contributed by atoms with Gasteiger partial charge in [-0.05, 0) is 37.3 Å². The van der Waals surface area contributed by atoms with Crippen LogP contribution in [0, 0.1) is 0 Å². The zero-order valence-electron chi connectivity index (χ0n) is 18.5. The van der Waals surface area contributed by atoms with Crippen LogP contribution in [0.25, 0.3) is 0 Å². The fraction of sp³-hybridized carbons (Fsp3) is 0.217. The van der Waals surface area contributed by atoms with Crippen LogP contribution in [0.5, 0.6) is 11.5 Å². The van der Waals surface area contributed by atoms with Crippen molar-refractivity contribution < 1.29 is 23.8 Å². The zero-order chi connectivity index (χ0) is 24.3. The van der Waals surface area contributed by atoms with Gasteiger partial charge in [-0.1, -0.05) is 28.1 Å². The number of halogens is 1. The standard InChI is InChI=1S/C23H23BrN4O5S/c1-3-32-22(30)11-17-14-34-23(26-17)28-25-12-15-10-16(24)8-9-19(15)33-13-21(29)27-18-6-4-5-7-20(18)31-2/h4-10,12,14H,3,11,13H2,1-2H3,(H,26,28)(H,27,29). The number of thiazole rings is 1. The van der Waals surface area contributed by atoms with Crippen LogP contribution in [-0.2, 0) is 20.7 Å². The number of ether oxygens (including phenoxy) is 3. The molecule has 0 spiro atoms. The summed E-state index contributed by atoms with van der Waals surface area (Å²) in [7, 11) is 1.54. The Morgan fingerprint density at radius 1 is 1.21 bits per heavy atom. The summed E-state index contributed by atoms with van der Waals surface area (Å²) in [6.07, 6.45) is 1.67. The van der Waals surface area contributed by atoms with Gasteiger partial charge in [0.15, 0.2) is 6.61 Å². The first-order chi connectivity index (χ1) is 16.5. The van der Waals surface area contributed by atoms with Crippen molar-refractivity contribution in [2.45, 2.75) is 13.3 Å². The molecule has 0 bridgehead atoms. The van der Waals surface area contributed by atoms with Gasteiger partial charge in [0, 0.05) is 15.4 Å². The predicted molar refractivity (Wildman–Crippen MR) is 135 cm³/mol. The van der Waals surface area contributed by atoms with Crippen molar-refractivity contribution in [2.75, 3.05) is 31.1 Å². The molecular formula is C23H23BrN4O5S. The molecule has 11 heteroatoms. The lowest BCUT2D eigenvalue weighted by Crippen LogP contribution is -2.20. The van der Waals surface area contributed by atoms with Crippen LogP contribution in [0.4, 0.5) is 10.8 Å². The fourth-order valence-electron chi connectivity index (χ4n) is 2.79. The van der Waals surface area contributed by atoms with E-state index in [4.69, 9.17) is 14.2 Å². The zero-order valence-corrected chi connectivity index (χ0v) is 20.9. The first-order valence-corrected chi connectivity index (χ1v) is 11.9. The van der Waals surface area contributed by atoms with Gasteiger partial charge < -0.3 is 19.5 Å². The Morgan fingerprint density at radius 3 is 2.82 bits per heavy atom. The second-order valence-corrected chi connectivity index (χ2v) is 8.49. The van der Waals surface area contributed by atoms with E-state index in [1.807, 2.05) is 12.1 Å². The minimum Gasteiger partial charge on any atom is -0.495 e. The van der Waals surface area contributed by atoms with Crippen LogP contribution < -0.4 is 20.2 Å². The van der Waals surface area contributed by atoms with E-state index in [1.165, 1.54) is 18.4 Å². The average Bonchev–Trinajstić information content (AvgIpc) is 3.26. The van der Waals surface area contributed by atoms with Crippen molar-refractivity contribution in [1.82, 2.24) is 4.98 Å². The predicted octanol–water partition coefficient (Wildman–Crippen LogP) is 4.48. The molecule has 0 saturated heterocycles. The lowest BCUT2D eigenvalue weighted by Gasteiger charge is -2.12.